The Balaban J connectivity index is 4.03. The Morgan fingerprint density at radius 3 is 1.45 bits per heavy atom. The first-order valence-corrected chi connectivity index (χ1v) is 13.4. The zero-order chi connectivity index (χ0) is 23.4. The second-order valence-electron chi connectivity index (χ2n) is 9.10. The van der Waals surface area contributed by atoms with Crippen molar-refractivity contribution in [3.8, 4) is 0 Å². The van der Waals surface area contributed by atoms with E-state index in [-0.39, 0.29) is 0 Å². The van der Waals surface area contributed by atoms with Crippen LogP contribution in [0.4, 0.5) is 0 Å². The molecule has 0 radical (unpaired) electrons. The lowest BCUT2D eigenvalue weighted by Gasteiger charge is -2.27. The van der Waals surface area contributed by atoms with Gasteiger partial charge < -0.3 is 9.47 Å². The van der Waals surface area contributed by atoms with E-state index in [0.717, 1.165) is 25.7 Å². The molecule has 0 aliphatic heterocycles. The molecule has 0 amide bonds. The van der Waals surface area contributed by atoms with Gasteiger partial charge in [-0.3, -0.25) is 9.59 Å². The summed E-state index contributed by atoms with van der Waals surface area (Å²) in [5.74, 6) is -0.466. The number of carbonyl (C=O) groups excluding carboxylic acids is 2. The number of hydrogen-bond donors (Lipinski definition) is 0. The predicted molar refractivity (Wildman–Crippen MR) is 130 cm³/mol. The molecule has 31 heavy (non-hydrogen) atoms. The van der Waals surface area contributed by atoms with Crippen LogP contribution in [-0.2, 0) is 19.1 Å². The van der Waals surface area contributed by atoms with E-state index in [0.29, 0.717) is 32.0 Å². The molecular formula is C27H52O4. The summed E-state index contributed by atoms with van der Waals surface area (Å²) in [4.78, 5) is 25.4. The van der Waals surface area contributed by atoms with Crippen LogP contribution in [0.1, 0.15) is 137 Å². The van der Waals surface area contributed by atoms with E-state index < -0.39 is 17.4 Å². The van der Waals surface area contributed by atoms with Gasteiger partial charge in [-0.15, -0.1) is 0 Å². The fourth-order valence-electron chi connectivity index (χ4n) is 4.01. The molecule has 0 bridgehead atoms. The number of hydrogen-bond acceptors (Lipinski definition) is 4. The number of unbranched alkanes of at least 4 members (excludes halogenated alkanes) is 11. The van der Waals surface area contributed by atoms with E-state index in [2.05, 4.69) is 20.8 Å². The fraction of sp³-hybridized carbons (Fsp3) is 0.926. The lowest BCUT2D eigenvalue weighted by atomic mass is 9.82. The molecule has 0 saturated heterocycles. The third-order valence-corrected chi connectivity index (χ3v) is 6.82. The average Bonchev–Trinajstić information content (AvgIpc) is 2.78. The molecule has 4 nitrogen and oxygen atoms in total. The van der Waals surface area contributed by atoms with Crippen molar-refractivity contribution in [3.05, 3.63) is 0 Å². The first-order chi connectivity index (χ1) is 15.0. The zero-order valence-electron chi connectivity index (χ0n) is 21.4. The normalized spacial score (nSPS) is 11.7. The summed E-state index contributed by atoms with van der Waals surface area (Å²) in [6.07, 6.45) is 18.1. The second kappa shape index (κ2) is 19.6. The molecule has 0 aromatic carbocycles. The minimum atomic E-state index is -1.15. The molecule has 0 aliphatic rings. The standard InChI is InChI=1S/C27H52O4/c1-6-11-12-13-14-15-16-17-18-19-20-21-22-30-25(28)27(9-4,10-5)26(29)31-23-24(7-2)8-3/h24H,6-23H2,1-5H3. The van der Waals surface area contributed by atoms with Gasteiger partial charge >= 0.3 is 11.9 Å². The van der Waals surface area contributed by atoms with Crippen LogP contribution in [0.5, 0.6) is 0 Å². The van der Waals surface area contributed by atoms with Gasteiger partial charge in [0, 0.05) is 0 Å². The molecule has 0 aromatic heterocycles. The first-order valence-electron chi connectivity index (χ1n) is 13.4. The summed E-state index contributed by atoms with van der Waals surface area (Å²) in [7, 11) is 0. The van der Waals surface area contributed by atoms with E-state index in [1.807, 2.05) is 13.8 Å². The van der Waals surface area contributed by atoms with Crippen molar-refractivity contribution in [2.75, 3.05) is 13.2 Å². The van der Waals surface area contributed by atoms with Gasteiger partial charge in [-0.05, 0) is 25.2 Å². The highest BCUT2D eigenvalue weighted by Gasteiger charge is 2.46. The fourth-order valence-corrected chi connectivity index (χ4v) is 4.01. The molecule has 0 aliphatic carbocycles. The summed E-state index contributed by atoms with van der Waals surface area (Å²) in [5.41, 5.74) is -1.15. The van der Waals surface area contributed by atoms with Crippen LogP contribution in [0.25, 0.3) is 0 Å². The van der Waals surface area contributed by atoms with Crippen molar-refractivity contribution in [3.63, 3.8) is 0 Å². The summed E-state index contributed by atoms with van der Waals surface area (Å²) in [6, 6.07) is 0. The van der Waals surface area contributed by atoms with Crippen LogP contribution in [0.3, 0.4) is 0 Å². The molecular weight excluding hydrogens is 388 g/mol. The molecule has 0 N–H and O–H groups in total. The van der Waals surface area contributed by atoms with E-state index in [1.165, 1.54) is 64.2 Å². The van der Waals surface area contributed by atoms with E-state index >= 15 is 0 Å². The van der Waals surface area contributed by atoms with Crippen molar-refractivity contribution in [2.45, 2.75) is 137 Å². The summed E-state index contributed by atoms with van der Waals surface area (Å²) in [5, 5.41) is 0. The van der Waals surface area contributed by atoms with Gasteiger partial charge in [-0.1, -0.05) is 118 Å². The molecule has 0 aromatic rings. The lowest BCUT2D eigenvalue weighted by Crippen LogP contribution is -2.41. The molecule has 0 rings (SSSR count). The Bertz CT molecular complexity index is 439. The molecule has 0 spiro atoms. The highest BCUT2D eigenvalue weighted by Crippen LogP contribution is 2.30. The Labute approximate surface area is 193 Å². The highest BCUT2D eigenvalue weighted by atomic mass is 16.6. The summed E-state index contributed by atoms with van der Waals surface area (Å²) >= 11 is 0. The van der Waals surface area contributed by atoms with Gasteiger partial charge in [0.25, 0.3) is 0 Å². The van der Waals surface area contributed by atoms with Crippen LogP contribution >= 0.6 is 0 Å². The molecule has 184 valence electrons. The SMILES string of the molecule is CCCCCCCCCCCCCCOC(=O)C(CC)(CC)C(=O)OCC(CC)CC. The smallest absolute Gasteiger partial charge is 0.323 e. The molecule has 4 heteroatoms. The quantitative estimate of drug-likeness (QED) is 0.103. The molecule has 0 fully saturated rings. The maximum atomic E-state index is 12.7. The minimum absolute atomic E-state index is 0.354. The Morgan fingerprint density at radius 2 is 1.03 bits per heavy atom. The van der Waals surface area contributed by atoms with Crippen molar-refractivity contribution in [1.29, 1.82) is 0 Å². The molecule has 0 saturated carbocycles. The Kier molecular flexibility index (Phi) is 18.9. The number of rotatable bonds is 21. The van der Waals surface area contributed by atoms with Crippen molar-refractivity contribution >= 4 is 11.9 Å². The van der Waals surface area contributed by atoms with Crippen molar-refractivity contribution in [1.82, 2.24) is 0 Å². The maximum absolute atomic E-state index is 12.7. The van der Waals surface area contributed by atoms with Gasteiger partial charge in [0.1, 0.15) is 0 Å². The number of carbonyl (C=O) groups is 2. The number of ether oxygens (including phenoxy) is 2. The highest BCUT2D eigenvalue weighted by molar-refractivity contribution is 6.00. The lowest BCUT2D eigenvalue weighted by molar-refractivity contribution is -0.174. The van der Waals surface area contributed by atoms with Gasteiger partial charge in [0.15, 0.2) is 5.41 Å². The second-order valence-corrected chi connectivity index (χ2v) is 9.10. The Morgan fingerprint density at radius 1 is 0.613 bits per heavy atom. The van der Waals surface area contributed by atoms with Crippen LogP contribution in [0.2, 0.25) is 0 Å². The van der Waals surface area contributed by atoms with Gasteiger partial charge in [-0.25, -0.2) is 0 Å². The van der Waals surface area contributed by atoms with E-state index in [9.17, 15) is 9.59 Å². The number of esters is 2. The Hall–Kier alpha value is -1.06. The van der Waals surface area contributed by atoms with Gasteiger partial charge in [0.05, 0.1) is 13.2 Å². The monoisotopic (exact) mass is 440 g/mol. The third kappa shape index (κ3) is 12.5. The summed E-state index contributed by atoms with van der Waals surface area (Å²) < 4.78 is 11.1. The van der Waals surface area contributed by atoms with Crippen molar-refractivity contribution < 1.29 is 19.1 Å². The minimum Gasteiger partial charge on any atom is -0.465 e. The van der Waals surface area contributed by atoms with Crippen LogP contribution < -0.4 is 0 Å². The average molecular weight is 441 g/mol. The molecule has 0 unspecified atom stereocenters. The van der Waals surface area contributed by atoms with E-state index in [4.69, 9.17) is 9.47 Å². The topological polar surface area (TPSA) is 52.6 Å². The van der Waals surface area contributed by atoms with Gasteiger partial charge in [0.2, 0.25) is 0 Å². The molecule has 0 atom stereocenters. The first kappa shape index (κ1) is 29.9. The van der Waals surface area contributed by atoms with Crippen LogP contribution in [-0.4, -0.2) is 25.2 Å². The van der Waals surface area contributed by atoms with Gasteiger partial charge in [-0.2, -0.15) is 0 Å². The summed E-state index contributed by atoms with van der Waals surface area (Å²) in [6.45, 7) is 11.0. The van der Waals surface area contributed by atoms with Crippen LogP contribution in [0.15, 0.2) is 0 Å². The maximum Gasteiger partial charge on any atom is 0.323 e. The van der Waals surface area contributed by atoms with E-state index in [1.54, 1.807) is 0 Å². The largest absolute Gasteiger partial charge is 0.465 e. The van der Waals surface area contributed by atoms with Crippen LogP contribution in [0, 0.1) is 11.3 Å². The zero-order valence-corrected chi connectivity index (χ0v) is 21.4. The predicted octanol–water partition coefficient (Wildman–Crippen LogP) is 8.02. The third-order valence-electron chi connectivity index (χ3n) is 6.82. The van der Waals surface area contributed by atoms with Crippen molar-refractivity contribution in [2.24, 2.45) is 11.3 Å². The molecule has 0 heterocycles.